The molecule has 26 heavy (non-hydrogen) atoms. The number of rotatable bonds is 6. The summed E-state index contributed by atoms with van der Waals surface area (Å²) in [6.07, 6.45) is 5.26. The second-order valence-corrected chi connectivity index (χ2v) is 6.74. The molecule has 1 fully saturated rings. The molecule has 1 aliphatic heterocycles. The minimum absolute atomic E-state index is 0.0265. The van der Waals surface area contributed by atoms with Crippen LogP contribution in [0.2, 0.25) is 0 Å². The molecule has 1 aliphatic rings. The number of pyridine rings is 1. The third-order valence-corrected chi connectivity index (χ3v) is 5.00. The van der Waals surface area contributed by atoms with Crippen LogP contribution in [-0.2, 0) is 11.3 Å². The molecule has 2 aromatic heterocycles. The largest absolute Gasteiger partial charge is 0.356 e. The minimum atomic E-state index is -0.107. The first-order valence-corrected chi connectivity index (χ1v) is 9.54. The minimum Gasteiger partial charge on any atom is -0.356 e. The number of aromatic nitrogens is 3. The van der Waals surface area contributed by atoms with E-state index in [1.807, 2.05) is 24.0 Å². The van der Waals surface area contributed by atoms with Crippen molar-refractivity contribution in [2.75, 3.05) is 24.5 Å². The Morgan fingerprint density at radius 1 is 1.31 bits per heavy atom. The fourth-order valence-electron chi connectivity index (χ4n) is 3.45. The number of piperidine rings is 1. The Balaban J connectivity index is 1.74. The second-order valence-electron chi connectivity index (χ2n) is 6.74. The van der Waals surface area contributed by atoms with E-state index in [9.17, 15) is 9.59 Å². The lowest BCUT2D eigenvalue weighted by molar-refractivity contribution is -0.125. The lowest BCUT2D eigenvalue weighted by atomic mass is 9.96. The van der Waals surface area contributed by atoms with E-state index in [-0.39, 0.29) is 17.4 Å². The van der Waals surface area contributed by atoms with Gasteiger partial charge in [0, 0.05) is 38.3 Å². The molecule has 7 heteroatoms. The number of aryl methyl sites for hydroxylation is 1. The number of carbonyl (C=O) groups excluding carboxylic acids is 1. The molecular formula is C19H27N5O2. The molecule has 0 aliphatic carbocycles. The van der Waals surface area contributed by atoms with Crippen molar-refractivity contribution in [2.24, 2.45) is 5.92 Å². The highest BCUT2D eigenvalue weighted by Gasteiger charge is 2.27. The van der Waals surface area contributed by atoms with Crippen LogP contribution in [0.4, 0.5) is 5.82 Å². The highest BCUT2D eigenvalue weighted by atomic mass is 16.2. The quantitative estimate of drug-likeness (QED) is 0.799. The van der Waals surface area contributed by atoms with E-state index in [4.69, 9.17) is 0 Å². The van der Waals surface area contributed by atoms with Gasteiger partial charge in [-0.15, -0.1) is 0 Å². The molecule has 1 saturated heterocycles. The van der Waals surface area contributed by atoms with E-state index in [1.54, 1.807) is 10.8 Å². The van der Waals surface area contributed by atoms with Gasteiger partial charge in [-0.25, -0.2) is 9.97 Å². The van der Waals surface area contributed by atoms with Crippen LogP contribution < -0.4 is 15.8 Å². The lowest BCUT2D eigenvalue weighted by Gasteiger charge is -2.32. The highest BCUT2D eigenvalue weighted by Crippen LogP contribution is 2.21. The third-order valence-electron chi connectivity index (χ3n) is 5.00. The van der Waals surface area contributed by atoms with Gasteiger partial charge in [-0.3, -0.25) is 14.2 Å². The fraction of sp³-hybridized carbons (Fsp3) is 0.579. The summed E-state index contributed by atoms with van der Waals surface area (Å²) in [4.78, 5) is 36.0. The van der Waals surface area contributed by atoms with E-state index in [2.05, 4.69) is 22.2 Å². The molecular weight excluding hydrogens is 330 g/mol. The summed E-state index contributed by atoms with van der Waals surface area (Å²) < 4.78 is 1.67. The molecule has 0 bridgehead atoms. The average molecular weight is 357 g/mol. The third kappa shape index (κ3) is 3.71. The number of amides is 1. The zero-order valence-electron chi connectivity index (χ0n) is 15.6. The van der Waals surface area contributed by atoms with Crippen LogP contribution in [0.1, 0.15) is 39.5 Å². The molecule has 140 valence electrons. The first-order valence-electron chi connectivity index (χ1n) is 9.54. The maximum absolute atomic E-state index is 12.8. The molecule has 0 unspecified atom stereocenters. The number of fused-ring (bicyclic) bond motifs is 1. The topological polar surface area (TPSA) is 80.1 Å². The first kappa shape index (κ1) is 18.4. The van der Waals surface area contributed by atoms with Crippen molar-refractivity contribution in [3.63, 3.8) is 0 Å². The molecule has 1 N–H and O–H groups in total. The summed E-state index contributed by atoms with van der Waals surface area (Å²) in [7, 11) is 0. The summed E-state index contributed by atoms with van der Waals surface area (Å²) in [6.45, 7) is 6.69. The van der Waals surface area contributed by atoms with E-state index < -0.39 is 0 Å². The van der Waals surface area contributed by atoms with Gasteiger partial charge >= 0.3 is 0 Å². The molecule has 0 radical (unpaired) electrons. The van der Waals surface area contributed by atoms with E-state index in [0.717, 1.165) is 37.7 Å². The fourth-order valence-corrected chi connectivity index (χ4v) is 3.45. The summed E-state index contributed by atoms with van der Waals surface area (Å²) in [5, 5.41) is 3.01. The molecule has 1 amide bonds. The number of nitrogens with zero attached hydrogens (tertiary/aromatic N) is 4. The highest BCUT2D eigenvalue weighted by molar-refractivity contribution is 5.79. The van der Waals surface area contributed by atoms with Gasteiger partial charge in [-0.1, -0.05) is 13.3 Å². The zero-order chi connectivity index (χ0) is 18.5. The van der Waals surface area contributed by atoms with Crippen molar-refractivity contribution in [2.45, 2.75) is 46.1 Å². The van der Waals surface area contributed by atoms with Crippen molar-refractivity contribution in [3.05, 3.63) is 28.7 Å². The van der Waals surface area contributed by atoms with Gasteiger partial charge in [-0.2, -0.15) is 0 Å². The Hall–Kier alpha value is -2.44. The van der Waals surface area contributed by atoms with Crippen LogP contribution >= 0.6 is 0 Å². The van der Waals surface area contributed by atoms with E-state index >= 15 is 0 Å². The first-order chi connectivity index (χ1) is 12.7. The van der Waals surface area contributed by atoms with Crippen LogP contribution in [0.25, 0.3) is 11.2 Å². The van der Waals surface area contributed by atoms with E-state index in [0.29, 0.717) is 31.1 Å². The van der Waals surface area contributed by atoms with Crippen LogP contribution in [0.15, 0.2) is 23.1 Å². The smallest absolute Gasteiger partial charge is 0.295 e. The lowest BCUT2D eigenvalue weighted by Crippen LogP contribution is -2.43. The molecule has 0 spiro atoms. The summed E-state index contributed by atoms with van der Waals surface area (Å²) in [6, 6.07) is 3.71. The molecule has 2 aromatic rings. The van der Waals surface area contributed by atoms with Crippen molar-refractivity contribution >= 4 is 22.9 Å². The van der Waals surface area contributed by atoms with Gasteiger partial charge in [0.05, 0.1) is 0 Å². The van der Waals surface area contributed by atoms with Crippen LogP contribution in [-0.4, -0.2) is 40.1 Å². The van der Waals surface area contributed by atoms with Crippen molar-refractivity contribution in [1.82, 2.24) is 19.9 Å². The molecule has 0 atom stereocenters. The summed E-state index contributed by atoms with van der Waals surface area (Å²) in [5.41, 5.74) is 1.24. The number of carbonyl (C=O) groups is 1. The molecule has 7 nitrogen and oxygen atoms in total. The van der Waals surface area contributed by atoms with Gasteiger partial charge in [-0.05, 0) is 38.3 Å². The monoisotopic (exact) mass is 357 g/mol. The SMILES string of the molecule is CCCCNC(=O)C1CCN(c2nc3cccnc3n(CC)c2=O)CC1. The molecule has 3 rings (SSSR count). The van der Waals surface area contributed by atoms with Gasteiger partial charge in [0.15, 0.2) is 11.5 Å². The van der Waals surface area contributed by atoms with Crippen LogP contribution in [0.3, 0.4) is 0 Å². The van der Waals surface area contributed by atoms with Gasteiger partial charge in [0.2, 0.25) is 5.91 Å². The Kier molecular flexibility index (Phi) is 5.85. The molecule has 3 heterocycles. The van der Waals surface area contributed by atoms with Crippen molar-refractivity contribution < 1.29 is 4.79 Å². The number of nitrogens with one attached hydrogen (secondary N) is 1. The maximum Gasteiger partial charge on any atom is 0.295 e. The van der Waals surface area contributed by atoms with Crippen molar-refractivity contribution in [3.8, 4) is 0 Å². The normalized spacial score (nSPS) is 15.4. The van der Waals surface area contributed by atoms with E-state index in [1.165, 1.54) is 0 Å². The van der Waals surface area contributed by atoms with Crippen molar-refractivity contribution in [1.29, 1.82) is 0 Å². The number of unbranched alkanes of at least 4 members (excludes halogenated alkanes) is 1. The Labute approximate surface area is 153 Å². The zero-order valence-corrected chi connectivity index (χ0v) is 15.6. The molecule has 0 aromatic carbocycles. The molecule has 0 saturated carbocycles. The predicted octanol–water partition coefficient (Wildman–Crippen LogP) is 1.94. The van der Waals surface area contributed by atoms with Gasteiger partial charge in [0.25, 0.3) is 5.56 Å². The van der Waals surface area contributed by atoms with Crippen LogP contribution in [0, 0.1) is 5.92 Å². The average Bonchev–Trinajstić information content (AvgIpc) is 2.68. The summed E-state index contributed by atoms with van der Waals surface area (Å²) >= 11 is 0. The maximum atomic E-state index is 12.8. The van der Waals surface area contributed by atoms with Crippen LogP contribution in [0.5, 0.6) is 0 Å². The number of hydrogen-bond donors (Lipinski definition) is 1. The van der Waals surface area contributed by atoms with Gasteiger partial charge < -0.3 is 10.2 Å². The standard InChI is InChI=1S/C19H27N5O2/c1-3-5-10-21-18(25)14-8-12-23(13-9-14)17-19(26)24(4-2)16-15(22-17)7-6-11-20-16/h6-7,11,14H,3-5,8-10,12-13H2,1-2H3,(H,21,25). The Bertz CT molecular complexity index is 824. The Morgan fingerprint density at radius 2 is 2.08 bits per heavy atom. The number of anilines is 1. The number of hydrogen-bond acceptors (Lipinski definition) is 5. The summed E-state index contributed by atoms with van der Waals surface area (Å²) in [5.74, 6) is 0.635. The Morgan fingerprint density at radius 3 is 2.77 bits per heavy atom. The predicted molar refractivity (Wildman–Crippen MR) is 102 cm³/mol. The van der Waals surface area contributed by atoms with Gasteiger partial charge in [0.1, 0.15) is 5.52 Å². The second kappa shape index (κ2) is 8.29.